The second-order valence-electron chi connectivity index (χ2n) is 3.63. The molecule has 16 heavy (non-hydrogen) atoms. The van der Waals surface area contributed by atoms with Gasteiger partial charge < -0.3 is 9.88 Å². The number of rotatable bonds is 1. The molecule has 0 unspecified atom stereocenters. The Morgan fingerprint density at radius 1 is 1.31 bits per heavy atom. The predicted molar refractivity (Wildman–Crippen MR) is 60.4 cm³/mol. The molecule has 0 saturated heterocycles. The highest BCUT2D eigenvalue weighted by molar-refractivity contribution is 5.62. The van der Waals surface area contributed by atoms with Gasteiger partial charge in [0.25, 0.3) is 0 Å². The minimum Gasteiger partial charge on any atom is -0.332 e. The SMILES string of the molecule is Fc1ccccc1-c1cn2c(n1)NC=CC2. The molecular formula is C12H10FN3. The Kier molecular flexibility index (Phi) is 1.99. The molecule has 0 saturated carbocycles. The molecule has 0 amide bonds. The van der Waals surface area contributed by atoms with Gasteiger partial charge in [0.15, 0.2) is 0 Å². The maximum absolute atomic E-state index is 13.6. The van der Waals surface area contributed by atoms with Crippen molar-refractivity contribution in [3.8, 4) is 11.3 Å². The molecule has 0 spiro atoms. The normalized spacial score (nSPS) is 13.3. The van der Waals surface area contributed by atoms with Crippen molar-refractivity contribution >= 4 is 5.95 Å². The molecule has 0 bridgehead atoms. The van der Waals surface area contributed by atoms with Crippen molar-refractivity contribution < 1.29 is 4.39 Å². The van der Waals surface area contributed by atoms with Crippen LogP contribution in [-0.2, 0) is 6.54 Å². The number of allylic oxidation sites excluding steroid dienone is 1. The molecule has 3 nitrogen and oxygen atoms in total. The van der Waals surface area contributed by atoms with Crippen LogP contribution in [0.1, 0.15) is 0 Å². The summed E-state index contributed by atoms with van der Waals surface area (Å²) < 4.78 is 15.5. The van der Waals surface area contributed by atoms with E-state index in [0.29, 0.717) is 11.3 Å². The van der Waals surface area contributed by atoms with E-state index in [9.17, 15) is 4.39 Å². The highest BCUT2D eigenvalue weighted by atomic mass is 19.1. The van der Waals surface area contributed by atoms with E-state index in [4.69, 9.17) is 0 Å². The Bertz CT molecular complexity index is 532. The number of fused-ring (bicyclic) bond motifs is 1. The van der Waals surface area contributed by atoms with Crippen LogP contribution < -0.4 is 5.32 Å². The maximum Gasteiger partial charge on any atom is 0.207 e. The van der Waals surface area contributed by atoms with Gasteiger partial charge in [0, 0.05) is 24.5 Å². The molecule has 0 atom stereocenters. The Morgan fingerprint density at radius 2 is 2.19 bits per heavy atom. The molecule has 1 aromatic heterocycles. The zero-order valence-electron chi connectivity index (χ0n) is 8.52. The van der Waals surface area contributed by atoms with Crippen molar-refractivity contribution in [2.45, 2.75) is 6.54 Å². The van der Waals surface area contributed by atoms with Crippen molar-refractivity contribution in [1.82, 2.24) is 9.55 Å². The summed E-state index contributed by atoms with van der Waals surface area (Å²) in [5.41, 5.74) is 1.19. The second kappa shape index (κ2) is 3.48. The van der Waals surface area contributed by atoms with E-state index in [0.717, 1.165) is 12.5 Å². The predicted octanol–water partition coefficient (Wildman–Crippen LogP) is 2.63. The average molecular weight is 215 g/mol. The first kappa shape index (κ1) is 9.15. The van der Waals surface area contributed by atoms with E-state index >= 15 is 0 Å². The number of aromatic nitrogens is 2. The van der Waals surface area contributed by atoms with E-state index in [1.165, 1.54) is 6.07 Å². The van der Waals surface area contributed by atoms with Gasteiger partial charge in [-0.15, -0.1) is 0 Å². The fraction of sp³-hybridized carbons (Fsp3) is 0.0833. The molecule has 0 fully saturated rings. The smallest absolute Gasteiger partial charge is 0.207 e. The summed E-state index contributed by atoms with van der Waals surface area (Å²) in [7, 11) is 0. The number of benzene rings is 1. The van der Waals surface area contributed by atoms with Gasteiger partial charge in [0.05, 0.1) is 5.69 Å². The van der Waals surface area contributed by atoms with Crippen LogP contribution in [0, 0.1) is 5.82 Å². The summed E-state index contributed by atoms with van der Waals surface area (Å²) >= 11 is 0. The second-order valence-corrected chi connectivity index (χ2v) is 3.63. The zero-order chi connectivity index (χ0) is 11.0. The number of halogens is 1. The maximum atomic E-state index is 13.6. The van der Waals surface area contributed by atoms with Crippen LogP contribution >= 0.6 is 0 Å². The number of anilines is 1. The Balaban J connectivity index is 2.08. The molecule has 2 aromatic rings. The van der Waals surface area contributed by atoms with Crippen LogP contribution in [0.2, 0.25) is 0 Å². The standard InChI is InChI=1S/C12H10FN3/c13-10-5-2-1-4-9(10)11-8-16-7-3-6-14-12(16)15-11/h1-6,8H,7H2,(H,14,15). The van der Waals surface area contributed by atoms with Gasteiger partial charge in [-0.2, -0.15) is 0 Å². The summed E-state index contributed by atoms with van der Waals surface area (Å²) in [4.78, 5) is 4.34. The monoisotopic (exact) mass is 215 g/mol. The zero-order valence-corrected chi connectivity index (χ0v) is 8.52. The quantitative estimate of drug-likeness (QED) is 0.792. The lowest BCUT2D eigenvalue weighted by Crippen LogP contribution is -2.05. The minimum atomic E-state index is -0.245. The molecule has 0 aliphatic carbocycles. The van der Waals surface area contributed by atoms with Gasteiger partial charge in [-0.05, 0) is 18.2 Å². The van der Waals surface area contributed by atoms with E-state index in [1.807, 2.05) is 29.1 Å². The van der Waals surface area contributed by atoms with Gasteiger partial charge in [0.1, 0.15) is 5.82 Å². The summed E-state index contributed by atoms with van der Waals surface area (Å²) in [6, 6.07) is 6.66. The highest BCUT2D eigenvalue weighted by Crippen LogP contribution is 2.24. The van der Waals surface area contributed by atoms with Gasteiger partial charge in [-0.1, -0.05) is 12.1 Å². The van der Waals surface area contributed by atoms with Gasteiger partial charge in [-0.25, -0.2) is 9.37 Å². The van der Waals surface area contributed by atoms with Crippen LogP contribution in [0.25, 0.3) is 11.3 Å². The molecule has 80 valence electrons. The number of nitrogens with one attached hydrogen (secondary N) is 1. The molecule has 1 N–H and O–H groups in total. The fourth-order valence-electron chi connectivity index (χ4n) is 1.77. The van der Waals surface area contributed by atoms with E-state index in [1.54, 1.807) is 12.1 Å². The third-order valence-corrected chi connectivity index (χ3v) is 2.56. The molecule has 3 rings (SSSR count). The fourth-order valence-corrected chi connectivity index (χ4v) is 1.77. The van der Waals surface area contributed by atoms with Crippen molar-refractivity contribution in [2.24, 2.45) is 0 Å². The molecule has 1 aromatic carbocycles. The van der Waals surface area contributed by atoms with Crippen molar-refractivity contribution in [1.29, 1.82) is 0 Å². The number of hydrogen-bond acceptors (Lipinski definition) is 2. The van der Waals surface area contributed by atoms with Crippen LogP contribution in [0.4, 0.5) is 10.3 Å². The summed E-state index contributed by atoms with van der Waals surface area (Å²) in [5, 5.41) is 3.02. The third kappa shape index (κ3) is 1.39. The van der Waals surface area contributed by atoms with Crippen LogP contribution in [0.5, 0.6) is 0 Å². The largest absolute Gasteiger partial charge is 0.332 e. The first-order chi connectivity index (χ1) is 7.84. The summed E-state index contributed by atoms with van der Waals surface area (Å²) in [6.45, 7) is 0.768. The van der Waals surface area contributed by atoms with Crippen molar-refractivity contribution in [3.63, 3.8) is 0 Å². The van der Waals surface area contributed by atoms with Crippen molar-refractivity contribution in [2.75, 3.05) is 5.32 Å². The third-order valence-electron chi connectivity index (χ3n) is 2.56. The van der Waals surface area contributed by atoms with Gasteiger partial charge >= 0.3 is 0 Å². The molecule has 1 aliphatic heterocycles. The Hall–Kier alpha value is -2.10. The highest BCUT2D eigenvalue weighted by Gasteiger charge is 2.12. The lowest BCUT2D eigenvalue weighted by Gasteiger charge is -2.07. The molecular weight excluding hydrogens is 205 g/mol. The van der Waals surface area contributed by atoms with Crippen molar-refractivity contribution in [3.05, 3.63) is 48.6 Å². The summed E-state index contributed by atoms with van der Waals surface area (Å²) in [5.74, 6) is 0.506. The molecule has 0 radical (unpaired) electrons. The number of hydrogen-bond donors (Lipinski definition) is 1. The van der Waals surface area contributed by atoms with Crippen LogP contribution in [0.3, 0.4) is 0 Å². The first-order valence-corrected chi connectivity index (χ1v) is 5.08. The van der Waals surface area contributed by atoms with Gasteiger partial charge in [-0.3, -0.25) is 0 Å². The minimum absolute atomic E-state index is 0.245. The summed E-state index contributed by atoms with van der Waals surface area (Å²) in [6.07, 6.45) is 5.68. The topological polar surface area (TPSA) is 29.9 Å². The van der Waals surface area contributed by atoms with Crippen LogP contribution in [0.15, 0.2) is 42.7 Å². The number of imidazole rings is 1. The molecule has 2 heterocycles. The van der Waals surface area contributed by atoms with E-state index in [-0.39, 0.29) is 5.82 Å². The molecule has 1 aliphatic rings. The molecule has 4 heteroatoms. The van der Waals surface area contributed by atoms with E-state index < -0.39 is 0 Å². The lowest BCUT2D eigenvalue weighted by molar-refractivity contribution is 0.631. The van der Waals surface area contributed by atoms with Crippen LogP contribution in [-0.4, -0.2) is 9.55 Å². The lowest BCUT2D eigenvalue weighted by atomic mass is 10.1. The number of nitrogens with zero attached hydrogens (tertiary/aromatic N) is 2. The van der Waals surface area contributed by atoms with Gasteiger partial charge in [0.2, 0.25) is 5.95 Å². The van der Waals surface area contributed by atoms with E-state index in [2.05, 4.69) is 10.3 Å². The Morgan fingerprint density at radius 3 is 3.00 bits per heavy atom. The average Bonchev–Trinajstić information content (AvgIpc) is 2.73. The first-order valence-electron chi connectivity index (χ1n) is 5.08. The Labute approximate surface area is 92.2 Å².